The van der Waals surface area contributed by atoms with Crippen LogP contribution in [0, 0.1) is 0 Å². The zero-order valence-electron chi connectivity index (χ0n) is 8.27. The molecule has 2 heterocycles. The fourth-order valence-electron chi connectivity index (χ4n) is 1.07. The summed E-state index contributed by atoms with van der Waals surface area (Å²) in [6.07, 6.45) is 1.83. The highest BCUT2D eigenvalue weighted by molar-refractivity contribution is 7.15. The molecule has 0 aliphatic rings. The number of methoxy groups -OCH3 is 1. The summed E-state index contributed by atoms with van der Waals surface area (Å²) < 4.78 is 4.95. The quantitative estimate of drug-likeness (QED) is 0.816. The van der Waals surface area contributed by atoms with Crippen LogP contribution in [0.25, 0.3) is 10.6 Å². The van der Waals surface area contributed by atoms with E-state index in [2.05, 4.69) is 15.3 Å². The van der Waals surface area contributed by atoms with Crippen molar-refractivity contribution < 1.29 is 4.74 Å². The molecule has 0 aliphatic heterocycles. The summed E-state index contributed by atoms with van der Waals surface area (Å²) in [5.74, 6) is 0. The summed E-state index contributed by atoms with van der Waals surface area (Å²) in [4.78, 5) is 9.58. The highest BCUT2D eigenvalue weighted by Crippen LogP contribution is 2.26. The van der Waals surface area contributed by atoms with Crippen LogP contribution in [0.5, 0.6) is 0 Å². The lowest BCUT2D eigenvalue weighted by molar-refractivity contribution is 0.211. The number of ether oxygens (including phenoxy) is 1. The first kappa shape index (κ1) is 10.5. The Morgan fingerprint density at radius 1 is 1.47 bits per heavy atom. The summed E-state index contributed by atoms with van der Waals surface area (Å²) in [7, 11) is 1.69. The predicted molar refractivity (Wildman–Crippen MR) is 63.6 cm³/mol. The van der Waals surface area contributed by atoms with E-state index in [1.54, 1.807) is 29.8 Å². The Morgan fingerprint density at radius 2 is 2.40 bits per heavy atom. The number of aromatic nitrogens is 2. The zero-order valence-corrected chi connectivity index (χ0v) is 9.90. The Bertz CT molecular complexity index is 399. The molecular formula is C9H11N3OS2. The molecule has 0 radical (unpaired) electrons. The van der Waals surface area contributed by atoms with Gasteiger partial charge in [0.25, 0.3) is 0 Å². The molecule has 0 aliphatic carbocycles. The minimum absolute atomic E-state index is 0.690. The van der Waals surface area contributed by atoms with Gasteiger partial charge in [-0.3, -0.25) is 4.98 Å². The molecule has 2 aromatic heterocycles. The van der Waals surface area contributed by atoms with Gasteiger partial charge in [0.05, 0.1) is 22.7 Å². The molecule has 0 aromatic carbocycles. The fraction of sp³-hybridized carbons (Fsp3) is 0.333. The SMILES string of the molecule is COCCNc1nc(-c2cncs2)cs1. The van der Waals surface area contributed by atoms with E-state index in [0.29, 0.717) is 6.61 Å². The normalized spacial score (nSPS) is 10.5. The van der Waals surface area contributed by atoms with Gasteiger partial charge < -0.3 is 10.1 Å². The monoisotopic (exact) mass is 241 g/mol. The van der Waals surface area contributed by atoms with Crippen LogP contribution >= 0.6 is 22.7 Å². The van der Waals surface area contributed by atoms with Crippen LogP contribution < -0.4 is 5.32 Å². The van der Waals surface area contributed by atoms with E-state index in [1.807, 2.05) is 17.1 Å². The molecule has 2 rings (SSSR count). The van der Waals surface area contributed by atoms with Crippen LogP contribution in [0.4, 0.5) is 5.13 Å². The first-order chi connectivity index (χ1) is 7.40. The summed E-state index contributed by atoms with van der Waals surface area (Å²) in [6, 6.07) is 0. The third kappa shape index (κ3) is 2.74. The second-order valence-corrected chi connectivity index (χ2v) is 4.57. The Morgan fingerprint density at radius 3 is 3.13 bits per heavy atom. The largest absolute Gasteiger partial charge is 0.383 e. The third-order valence-corrected chi connectivity index (χ3v) is 3.37. The van der Waals surface area contributed by atoms with Gasteiger partial charge in [-0.25, -0.2) is 4.98 Å². The molecule has 1 N–H and O–H groups in total. The first-order valence-electron chi connectivity index (χ1n) is 4.47. The summed E-state index contributed by atoms with van der Waals surface area (Å²) >= 11 is 3.20. The maximum absolute atomic E-state index is 4.95. The maximum atomic E-state index is 4.95. The molecule has 0 amide bonds. The van der Waals surface area contributed by atoms with Crippen LogP contribution in [-0.4, -0.2) is 30.2 Å². The smallest absolute Gasteiger partial charge is 0.183 e. The van der Waals surface area contributed by atoms with Crippen molar-refractivity contribution in [2.75, 3.05) is 25.6 Å². The van der Waals surface area contributed by atoms with Gasteiger partial charge in [-0.2, -0.15) is 0 Å². The molecule has 0 fully saturated rings. The Kier molecular flexibility index (Phi) is 3.65. The molecule has 0 unspecified atom stereocenters. The topological polar surface area (TPSA) is 47.0 Å². The minimum atomic E-state index is 0.690. The van der Waals surface area contributed by atoms with Crippen molar-refractivity contribution in [1.29, 1.82) is 0 Å². The molecular weight excluding hydrogens is 230 g/mol. The van der Waals surface area contributed by atoms with Gasteiger partial charge in [-0.05, 0) is 0 Å². The molecule has 0 bridgehead atoms. The van der Waals surface area contributed by atoms with Crippen molar-refractivity contribution >= 4 is 27.8 Å². The van der Waals surface area contributed by atoms with Crippen molar-refractivity contribution in [3.05, 3.63) is 17.1 Å². The average Bonchev–Trinajstić information content (AvgIpc) is 2.87. The minimum Gasteiger partial charge on any atom is -0.383 e. The summed E-state index contributed by atoms with van der Waals surface area (Å²) in [6.45, 7) is 1.47. The van der Waals surface area contributed by atoms with Gasteiger partial charge in [-0.15, -0.1) is 22.7 Å². The molecule has 0 saturated carbocycles. The molecule has 0 spiro atoms. The van der Waals surface area contributed by atoms with E-state index in [9.17, 15) is 0 Å². The number of thiazole rings is 2. The van der Waals surface area contributed by atoms with Gasteiger partial charge in [0, 0.05) is 25.2 Å². The first-order valence-corrected chi connectivity index (χ1v) is 6.23. The number of anilines is 1. The second-order valence-electron chi connectivity index (χ2n) is 2.82. The molecule has 2 aromatic rings. The van der Waals surface area contributed by atoms with Gasteiger partial charge >= 0.3 is 0 Å². The van der Waals surface area contributed by atoms with Crippen molar-refractivity contribution in [2.24, 2.45) is 0 Å². The van der Waals surface area contributed by atoms with Gasteiger partial charge in [0.2, 0.25) is 0 Å². The maximum Gasteiger partial charge on any atom is 0.183 e. The van der Waals surface area contributed by atoms with Crippen LogP contribution in [0.15, 0.2) is 17.1 Å². The van der Waals surface area contributed by atoms with Crippen LogP contribution in [-0.2, 0) is 4.74 Å². The van der Waals surface area contributed by atoms with Crippen molar-refractivity contribution in [2.45, 2.75) is 0 Å². The van der Waals surface area contributed by atoms with E-state index in [1.165, 1.54) is 0 Å². The number of nitrogens with one attached hydrogen (secondary N) is 1. The number of hydrogen-bond acceptors (Lipinski definition) is 6. The Hall–Kier alpha value is -0.980. The highest BCUT2D eigenvalue weighted by atomic mass is 32.1. The molecule has 4 nitrogen and oxygen atoms in total. The number of rotatable bonds is 5. The van der Waals surface area contributed by atoms with Gasteiger partial charge in [0.15, 0.2) is 5.13 Å². The summed E-state index contributed by atoms with van der Waals surface area (Å²) in [5.41, 5.74) is 2.80. The molecule has 0 saturated heterocycles. The third-order valence-electron chi connectivity index (χ3n) is 1.77. The van der Waals surface area contributed by atoms with E-state index in [0.717, 1.165) is 22.2 Å². The second kappa shape index (κ2) is 5.20. The lowest BCUT2D eigenvalue weighted by atomic mass is 10.4. The van der Waals surface area contributed by atoms with Gasteiger partial charge in [-0.1, -0.05) is 0 Å². The Labute approximate surface area is 96.0 Å². The van der Waals surface area contributed by atoms with Crippen molar-refractivity contribution in [3.63, 3.8) is 0 Å². The highest BCUT2D eigenvalue weighted by Gasteiger charge is 2.04. The molecule has 15 heavy (non-hydrogen) atoms. The van der Waals surface area contributed by atoms with Crippen molar-refractivity contribution in [3.8, 4) is 10.6 Å². The molecule has 6 heteroatoms. The van der Waals surface area contributed by atoms with Gasteiger partial charge in [0.1, 0.15) is 0 Å². The van der Waals surface area contributed by atoms with E-state index in [4.69, 9.17) is 4.74 Å². The number of nitrogens with zero attached hydrogens (tertiary/aromatic N) is 2. The molecule has 0 atom stereocenters. The van der Waals surface area contributed by atoms with E-state index in [-0.39, 0.29) is 0 Å². The lowest BCUT2D eigenvalue weighted by Gasteiger charge is -1.99. The number of hydrogen-bond donors (Lipinski definition) is 1. The predicted octanol–water partition coefficient (Wildman–Crippen LogP) is 2.32. The van der Waals surface area contributed by atoms with E-state index < -0.39 is 0 Å². The fourth-order valence-corrected chi connectivity index (χ4v) is 2.47. The zero-order chi connectivity index (χ0) is 10.5. The average molecular weight is 241 g/mol. The Balaban J connectivity index is 1.98. The van der Waals surface area contributed by atoms with Crippen LogP contribution in [0.2, 0.25) is 0 Å². The summed E-state index contributed by atoms with van der Waals surface area (Å²) in [5, 5.41) is 6.15. The van der Waals surface area contributed by atoms with Crippen molar-refractivity contribution in [1.82, 2.24) is 9.97 Å². The lowest BCUT2D eigenvalue weighted by Crippen LogP contribution is -2.06. The van der Waals surface area contributed by atoms with Crippen LogP contribution in [0.3, 0.4) is 0 Å². The standard InChI is InChI=1S/C9H11N3OS2/c1-13-3-2-11-9-12-7(5-14-9)8-4-10-6-15-8/h4-6H,2-3H2,1H3,(H,11,12). The van der Waals surface area contributed by atoms with Crippen LogP contribution in [0.1, 0.15) is 0 Å². The van der Waals surface area contributed by atoms with E-state index >= 15 is 0 Å². The molecule has 80 valence electrons.